The summed E-state index contributed by atoms with van der Waals surface area (Å²) >= 11 is 3.50. The van der Waals surface area contributed by atoms with Crippen molar-refractivity contribution in [2.24, 2.45) is 10.9 Å². The van der Waals surface area contributed by atoms with Crippen LogP contribution in [0, 0.1) is 5.92 Å². The average Bonchev–Trinajstić information content (AvgIpc) is 3.45. The molecule has 1 aliphatic heterocycles. The predicted octanol–water partition coefficient (Wildman–Crippen LogP) is 3.99. The van der Waals surface area contributed by atoms with Crippen molar-refractivity contribution < 1.29 is 0 Å². The van der Waals surface area contributed by atoms with E-state index < -0.39 is 0 Å². The van der Waals surface area contributed by atoms with E-state index >= 15 is 0 Å². The van der Waals surface area contributed by atoms with Gasteiger partial charge in [0, 0.05) is 35.7 Å². The molecule has 0 aromatic carbocycles. The molecule has 0 bridgehead atoms. The maximum atomic E-state index is 4.78. The fourth-order valence-electron chi connectivity index (χ4n) is 3.78. The molecule has 8 heteroatoms. The number of hydrogen-bond acceptors (Lipinski definition) is 5. The molecule has 0 saturated carbocycles. The second-order valence-electron chi connectivity index (χ2n) is 7.65. The van der Waals surface area contributed by atoms with Gasteiger partial charge < -0.3 is 10.6 Å². The molecule has 1 aliphatic rings. The molecule has 0 aliphatic carbocycles. The fraction of sp³-hybridized carbons (Fsp3) is 0.524. The Labute approximate surface area is 180 Å². The molecule has 0 radical (unpaired) electrons. The van der Waals surface area contributed by atoms with Gasteiger partial charge in [-0.25, -0.2) is 9.98 Å². The molecule has 1 saturated heterocycles. The van der Waals surface area contributed by atoms with E-state index in [1.54, 1.807) is 11.3 Å². The molecular formula is C21H30N6S2. The van der Waals surface area contributed by atoms with Gasteiger partial charge in [-0.05, 0) is 50.2 Å². The van der Waals surface area contributed by atoms with Crippen LogP contribution in [0.5, 0.6) is 0 Å². The lowest BCUT2D eigenvalue weighted by Gasteiger charge is -2.36. The van der Waals surface area contributed by atoms with Crippen LogP contribution in [0.25, 0.3) is 4.96 Å². The highest BCUT2D eigenvalue weighted by Gasteiger charge is 2.25. The molecule has 1 fully saturated rings. The number of guanidine groups is 1. The number of aliphatic imine (C=N–C) groups is 1. The van der Waals surface area contributed by atoms with Gasteiger partial charge in [-0.2, -0.15) is 0 Å². The standard InChI is InChI=1S/C21H30N6S2/c1-3-22-20(23-13-17-15-27-10-12-29-21(27)25-17)24-14-18(19-5-4-11-28-19)26-8-6-16(2)7-9-26/h4-5,10-12,15-16,18H,3,6-9,13-14H2,1-2H3,(H2,22,23,24). The first kappa shape index (κ1) is 20.4. The van der Waals surface area contributed by atoms with Gasteiger partial charge in [-0.1, -0.05) is 13.0 Å². The van der Waals surface area contributed by atoms with E-state index in [-0.39, 0.29) is 0 Å². The Balaban J connectivity index is 1.42. The zero-order valence-electron chi connectivity index (χ0n) is 17.2. The molecule has 4 rings (SSSR count). The third kappa shape index (κ3) is 5.18. The monoisotopic (exact) mass is 430 g/mol. The van der Waals surface area contributed by atoms with Crippen LogP contribution in [0.3, 0.4) is 0 Å². The second kappa shape index (κ2) is 9.73. The minimum absolute atomic E-state index is 0.393. The van der Waals surface area contributed by atoms with Crippen LogP contribution in [-0.2, 0) is 6.54 Å². The highest BCUT2D eigenvalue weighted by Crippen LogP contribution is 2.29. The normalized spacial score (nSPS) is 17.7. The Hall–Kier alpha value is -1.90. The van der Waals surface area contributed by atoms with Crippen LogP contribution in [0.4, 0.5) is 0 Å². The maximum Gasteiger partial charge on any atom is 0.193 e. The van der Waals surface area contributed by atoms with Crippen LogP contribution < -0.4 is 10.6 Å². The number of nitrogens with one attached hydrogen (secondary N) is 2. The summed E-state index contributed by atoms with van der Waals surface area (Å²) in [5.74, 6) is 1.70. The molecule has 1 atom stereocenters. The van der Waals surface area contributed by atoms with Crippen LogP contribution >= 0.6 is 22.7 Å². The summed E-state index contributed by atoms with van der Waals surface area (Å²) in [4.78, 5) is 14.5. The Morgan fingerprint density at radius 3 is 2.86 bits per heavy atom. The van der Waals surface area contributed by atoms with Gasteiger partial charge in [0.15, 0.2) is 10.9 Å². The number of rotatable bonds is 7. The second-order valence-corrected chi connectivity index (χ2v) is 9.50. The lowest BCUT2D eigenvalue weighted by Crippen LogP contribution is -2.45. The Bertz CT molecular complexity index is 876. The fourth-order valence-corrected chi connectivity index (χ4v) is 5.36. The largest absolute Gasteiger partial charge is 0.357 e. The third-order valence-corrected chi connectivity index (χ3v) is 7.22. The topological polar surface area (TPSA) is 57.0 Å². The lowest BCUT2D eigenvalue weighted by molar-refractivity contribution is 0.140. The number of aromatic nitrogens is 2. The number of imidazole rings is 1. The molecule has 156 valence electrons. The molecule has 4 heterocycles. The van der Waals surface area contributed by atoms with Crippen molar-refractivity contribution in [3.8, 4) is 0 Å². The minimum Gasteiger partial charge on any atom is -0.357 e. The molecule has 1 unspecified atom stereocenters. The van der Waals surface area contributed by atoms with Crippen molar-refractivity contribution in [1.29, 1.82) is 0 Å². The third-order valence-electron chi connectivity index (χ3n) is 5.48. The summed E-state index contributed by atoms with van der Waals surface area (Å²) in [5, 5.41) is 11.2. The number of likely N-dealkylation sites (tertiary alicyclic amines) is 1. The zero-order chi connectivity index (χ0) is 20.1. The van der Waals surface area contributed by atoms with Crippen LogP contribution in [0.2, 0.25) is 0 Å². The van der Waals surface area contributed by atoms with Crippen LogP contribution in [0.15, 0.2) is 40.3 Å². The first-order valence-electron chi connectivity index (χ1n) is 10.4. The smallest absolute Gasteiger partial charge is 0.193 e. The summed E-state index contributed by atoms with van der Waals surface area (Å²) in [6.45, 7) is 9.09. The Morgan fingerprint density at radius 1 is 1.28 bits per heavy atom. The number of thiophene rings is 1. The Morgan fingerprint density at radius 2 is 2.14 bits per heavy atom. The number of thiazole rings is 1. The van der Waals surface area contributed by atoms with E-state index in [0.29, 0.717) is 12.6 Å². The average molecular weight is 431 g/mol. The summed E-state index contributed by atoms with van der Waals surface area (Å²) in [7, 11) is 0. The van der Waals surface area contributed by atoms with Gasteiger partial charge in [0.25, 0.3) is 0 Å². The van der Waals surface area contributed by atoms with Gasteiger partial charge in [0.05, 0.1) is 18.3 Å². The predicted molar refractivity (Wildman–Crippen MR) is 123 cm³/mol. The first-order chi connectivity index (χ1) is 14.2. The van der Waals surface area contributed by atoms with Crippen LogP contribution in [0.1, 0.15) is 43.3 Å². The van der Waals surface area contributed by atoms with Crippen molar-refractivity contribution >= 4 is 33.6 Å². The highest BCUT2D eigenvalue weighted by molar-refractivity contribution is 7.15. The summed E-state index contributed by atoms with van der Waals surface area (Å²) in [6, 6.07) is 4.81. The molecule has 29 heavy (non-hydrogen) atoms. The number of hydrogen-bond donors (Lipinski definition) is 2. The molecular weight excluding hydrogens is 400 g/mol. The molecule has 6 nitrogen and oxygen atoms in total. The summed E-state index contributed by atoms with van der Waals surface area (Å²) in [6.07, 6.45) is 6.66. The van der Waals surface area contributed by atoms with E-state index in [1.807, 2.05) is 22.9 Å². The number of nitrogens with zero attached hydrogens (tertiary/aromatic N) is 4. The van der Waals surface area contributed by atoms with Crippen molar-refractivity contribution in [3.63, 3.8) is 0 Å². The van der Waals surface area contributed by atoms with Crippen molar-refractivity contribution in [2.45, 2.75) is 39.3 Å². The summed E-state index contributed by atoms with van der Waals surface area (Å²) in [5.41, 5.74) is 0.994. The summed E-state index contributed by atoms with van der Waals surface area (Å²) < 4.78 is 2.06. The van der Waals surface area contributed by atoms with Gasteiger partial charge in [-0.3, -0.25) is 9.30 Å². The minimum atomic E-state index is 0.393. The number of fused-ring (bicyclic) bond motifs is 1. The quantitative estimate of drug-likeness (QED) is 0.440. The van der Waals surface area contributed by atoms with Crippen molar-refractivity contribution in [2.75, 3.05) is 26.2 Å². The van der Waals surface area contributed by atoms with E-state index in [9.17, 15) is 0 Å². The highest BCUT2D eigenvalue weighted by atomic mass is 32.1. The Kier molecular flexibility index (Phi) is 6.84. The zero-order valence-corrected chi connectivity index (χ0v) is 18.8. The van der Waals surface area contributed by atoms with Crippen molar-refractivity contribution in [1.82, 2.24) is 24.9 Å². The molecule has 0 spiro atoms. The first-order valence-corrected chi connectivity index (χ1v) is 12.2. The number of piperidine rings is 1. The lowest BCUT2D eigenvalue weighted by atomic mass is 9.97. The van der Waals surface area contributed by atoms with E-state index in [4.69, 9.17) is 4.99 Å². The molecule has 2 N–H and O–H groups in total. The molecule has 0 amide bonds. The van der Waals surface area contributed by atoms with Gasteiger partial charge in [-0.15, -0.1) is 22.7 Å². The van der Waals surface area contributed by atoms with E-state index in [2.05, 4.69) is 62.5 Å². The van der Waals surface area contributed by atoms with Crippen LogP contribution in [-0.4, -0.2) is 46.4 Å². The van der Waals surface area contributed by atoms with Gasteiger partial charge in [0.2, 0.25) is 0 Å². The molecule has 3 aromatic heterocycles. The van der Waals surface area contributed by atoms with Crippen molar-refractivity contribution in [3.05, 3.63) is 45.9 Å². The van der Waals surface area contributed by atoms with Gasteiger partial charge >= 0.3 is 0 Å². The molecule has 3 aromatic rings. The maximum absolute atomic E-state index is 4.78. The van der Waals surface area contributed by atoms with E-state index in [0.717, 1.165) is 35.6 Å². The van der Waals surface area contributed by atoms with E-state index in [1.165, 1.54) is 30.8 Å². The SMILES string of the molecule is CCNC(=NCc1cn2ccsc2n1)NCC(c1cccs1)N1CCC(C)CC1. The van der Waals surface area contributed by atoms with Gasteiger partial charge in [0.1, 0.15) is 0 Å².